The SMILES string of the molecule is Fc1ccc(Br)c(Nc2nc3ccccc3s2)c1. The maximum Gasteiger partial charge on any atom is 0.188 e. The van der Waals surface area contributed by atoms with Crippen LogP contribution in [0.5, 0.6) is 0 Å². The molecule has 0 spiro atoms. The number of anilines is 2. The molecule has 1 heterocycles. The molecule has 90 valence electrons. The molecule has 0 aliphatic rings. The Morgan fingerprint density at radius 3 is 2.83 bits per heavy atom. The molecule has 0 atom stereocenters. The minimum Gasteiger partial charge on any atom is -0.330 e. The zero-order valence-corrected chi connectivity index (χ0v) is 11.6. The molecule has 1 N–H and O–H groups in total. The number of halogens is 2. The highest BCUT2D eigenvalue weighted by molar-refractivity contribution is 9.10. The highest BCUT2D eigenvalue weighted by atomic mass is 79.9. The number of para-hydroxylation sites is 1. The Morgan fingerprint density at radius 1 is 1.17 bits per heavy atom. The third-order valence-corrected chi connectivity index (χ3v) is 4.11. The van der Waals surface area contributed by atoms with Gasteiger partial charge in [0, 0.05) is 4.47 Å². The van der Waals surface area contributed by atoms with E-state index >= 15 is 0 Å². The average molecular weight is 323 g/mol. The molecule has 18 heavy (non-hydrogen) atoms. The second kappa shape index (κ2) is 4.66. The fourth-order valence-electron chi connectivity index (χ4n) is 1.63. The number of aromatic nitrogens is 1. The summed E-state index contributed by atoms with van der Waals surface area (Å²) in [5.74, 6) is -0.276. The van der Waals surface area contributed by atoms with Crippen molar-refractivity contribution in [3.05, 3.63) is 52.8 Å². The fraction of sp³-hybridized carbons (Fsp3) is 0. The Morgan fingerprint density at radius 2 is 2.00 bits per heavy atom. The van der Waals surface area contributed by atoms with Crippen molar-refractivity contribution in [1.29, 1.82) is 0 Å². The predicted octanol–water partition coefficient (Wildman–Crippen LogP) is 4.94. The molecular formula is C13H8BrFN2S. The Bertz CT molecular complexity index is 678. The third kappa shape index (κ3) is 2.23. The summed E-state index contributed by atoms with van der Waals surface area (Å²) >= 11 is 4.92. The molecule has 2 nitrogen and oxygen atoms in total. The standard InChI is InChI=1S/C13H8BrFN2S/c14-9-6-5-8(15)7-11(9)17-13-16-10-3-1-2-4-12(10)18-13/h1-7H,(H,16,17). The normalized spacial score (nSPS) is 10.8. The molecule has 3 aromatic rings. The predicted molar refractivity (Wildman–Crippen MR) is 77.0 cm³/mol. The lowest BCUT2D eigenvalue weighted by atomic mass is 10.3. The molecule has 0 radical (unpaired) electrons. The summed E-state index contributed by atoms with van der Waals surface area (Å²) in [6.07, 6.45) is 0. The van der Waals surface area contributed by atoms with Gasteiger partial charge in [0.2, 0.25) is 0 Å². The first-order valence-electron chi connectivity index (χ1n) is 5.30. The first-order chi connectivity index (χ1) is 8.72. The molecule has 1 aromatic heterocycles. The van der Waals surface area contributed by atoms with Crippen molar-refractivity contribution < 1.29 is 4.39 Å². The van der Waals surface area contributed by atoms with Crippen LogP contribution in [0.3, 0.4) is 0 Å². The minimum atomic E-state index is -0.276. The van der Waals surface area contributed by atoms with Crippen LogP contribution in [0.15, 0.2) is 46.9 Å². The van der Waals surface area contributed by atoms with Crippen LogP contribution < -0.4 is 5.32 Å². The maximum atomic E-state index is 13.2. The van der Waals surface area contributed by atoms with Crippen LogP contribution in [0.25, 0.3) is 10.2 Å². The number of nitrogens with one attached hydrogen (secondary N) is 1. The van der Waals surface area contributed by atoms with Gasteiger partial charge in [-0.2, -0.15) is 0 Å². The Balaban J connectivity index is 1.98. The van der Waals surface area contributed by atoms with Gasteiger partial charge in [-0.1, -0.05) is 23.5 Å². The van der Waals surface area contributed by atoms with Crippen LogP contribution in [0, 0.1) is 5.82 Å². The van der Waals surface area contributed by atoms with Gasteiger partial charge in [0.05, 0.1) is 15.9 Å². The topological polar surface area (TPSA) is 24.9 Å². The molecule has 0 unspecified atom stereocenters. The van der Waals surface area contributed by atoms with Gasteiger partial charge < -0.3 is 5.32 Å². The zero-order valence-electron chi connectivity index (χ0n) is 9.15. The van der Waals surface area contributed by atoms with Crippen LogP contribution in [0.1, 0.15) is 0 Å². The summed E-state index contributed by atoms with van der Waals surface area (Å²) in [6, 6.07) is 12.4. The Labute approximate surface area is 116 Å². The number of benzene rings is 2. The van der Waals surface area contributed by atoms with E-state index in [4.69, 9.17) is 0 Å². The van der Waals surface area contributed by atoms with Gasteiger partial charge in [-0.15, -0.1) is 0 Å². The van der Waals surface area contributed by atoms with Crippen LogP contribution >= 0.6 is 27.3 Å². The van der Waals surface area contributed by atoms with Gasteiger partial charge in [-0.05, 0) is 46.3 Å². The molecule has 0 fully saturated rings. The summed E-state index contributed by atoms with van der Waals surface area (Å²) in [4.78, 5) is 4.44. The second-order valence-electron chi connectivity index (χ2n) is 3.74. The summed E-state index contributed by atoms with van der Waals surface area (Å²) in [7, 11) is 0. The van der Waals surface area contributed by atoms with Crippen LogP contribution in [-0.4, -0.2) is 4.98 Å². The second-order valence-corrected chi connectivity index (χ2v) is 5.62. The number of rotatable bonds is 2. The van der Waals surface area contributed by atoms with Crippen LogP contribution in [0.4, 0.5) is 15.2 Å². The number of hydrogen-bond donors (Lipinski definition) is 1. The Hall–Kier alpha value is -1.46. The van der Waals surface area contributed by atoms with E-state index in [-0.39, 0.29) is 5.82 Å². The first kappa shape index (κ1) is 11.6. The highest BCUT2D eigenvalue weighted by Crippen LogP contribution is 2.31. The summed E-state index contributed by atoms with van der Waals surface area (Å²) in [5.41, 5.74) is 1.62. The molecule has 0 aliphatic carbocycles. The zero-order chi connectivity index (χ0) is 12.5. The molecule has 0 aliphatic heterocycles. The first-order valence-corrected chi connectivity index (χ1v) is 6.91. The molecule has 0 saturated carbocycles. The van der Waals surface area contributed by atoms with Gasteiger partial charge >= 0.3 is 0 Å². The number of thiazole rings is 1. The Kier molecular flexibility index (Phi) is 3.01. The van der Waals surface area contributed by atoms with Gasteiger partial charge in [0.1, 0.15) is 5.82 Å². The maximum absolute atomic E-state index is 13.2. The van der Waals surface area contributed by atoms with E-state index < -0.39 is 0 Å². The van der Waals surface area contributed by atoms with E-state index in [1.54, 1.807) is 17.4 Å². The third-order valence-electron chi connectivity index (χ3n) is 2.46. The molecule has 3 rings (SSSR count). The van der Waals surface area contributed by atoms with E-state index in [2.05, 4.69) is 26.2 Å². The van der Waals surface area contributed by atoms with Crippen molar-refractivity contribution in [2.24, 2.45) is 0 Å². The summed E-state index contributed by atoms with van der Waals surface area (Å²) < 4.78 is 15.1. The van der Waals surface area contributed by atoms with Crippen molar-refractivity contribution in [3.8, 4) is 0 Å². The molecule has 2 aromatic carbocycles. The number of hydrogen-bond acceptors (Lipinski definition) is 3. The average Bonchev–Trinajstić information content (AvgIpc) is 2.76. The van der Waals surface area contributed by atoms with Gasteiger partial charge in [-0.3, -0.25) is 0 Å². The summed E-state index contributed by atoms with van der Waals surface area (Å²) in [5, 5.41) is 3.88. The minimum absolute atomic E-state index is 0.276. The van der Waals surface area contributed by atoms with Crippen molar-refractivity contribution in [2.75, 3.05) is 5.32 Å². The monoisotopic (exact) mass is 322 g/mol. The van der Waals surface area contributed by atoms with Gasteiger partial charge in [0.15, 0.2) is 5.13 Å². The lowest BCUT2D eigenvalue weighted by Crippen LogP contribution is -1.91. The molecule has 0 saturated heterocycles. The quantitative estimate of drug-likeness (QED) is 0.722. The van der Waals surface area contributed by atoms with Gasteiger partial charge in [-0.25, -0.2) is 9.37 Å². The van der Waals surface area contributed by atoms with E-state index in [0.29, 0.717) is 5.69 Å². The van der Waals surface area contributed by atoms with Crippen molar-refractivity contribution in [2.45, 2.75) is 0 Å². The van der Waals surface area contributed by atoms with Crippen molar-refractivity contribution in [3.63, 3.8) is 0 Å². The van der Waals surface area contributed by atoms with E-state index in [9.17, 15) is 4.39 Å². The summed E-state index contributed by atoms with van der Waals surface area (Å²) in [6.45, 7) is 0. The molecule has 0 bridgehead atoms. The number of nitrogens with zero attached hydrogens (tertiary/aromatic N) is 1. The fourth-order valence-corrected chi connectivity index (χ4v) is 2.86. The molecule has 0 amide bonds. The van der Waals surface area contributed by atoms with Gasteiger partial charge in [0.25, 0.3) is 0 Å². The van der Waals surface area contributed by atoms with Crippen LogP contribution in [0.2, 0.25) is 0 Å². The lowest BCUT2D eigenvalue weighted by Gasteiger charge is -2.04. The number of fused-ring (bicyclic) bond motifs is 1. The van der Waals surface area contributed by atoms with Crippen molar-refractivity contribution in [1.82, 2.24) is 4.98 Å². The largest absolute Gasteiger partial charge is 0.330 e. The van der Waals surface area contributed by atoms with E-state index in [1.165, 1.54) is 12.1 Å². The van der Waals surface area contributed by atoms with E-state index in [0.717, 1.165) is 19.8 Å². The molecule has 5 heteroatoms. The lowest BCUT2D eigenvalue weighted by molar-refractivity contribution is 0.628. The highest BCUT2D eigenvalue weighted by Gasteiger charge is 2.06. The smallest absolute Gasteiger partial charge is 0.188 e. The van der Waals surface area contributed by atoms with Crippen LogP contribution in [-0.2, 0) is 0 Å². The van der Waals surface area contributed by atoms with E-state index in [1.807, 2.05) is 24.3 Å². The van der Waals surface area contributed by atoms with Crippen molar-refractivity contribution >= 4 is 48.3 Å². The molecular weight excluding hydrogens is 315 g/mol.